The van der Waals surface area contributed by atoms with Gasteiger partial charge in [0, 0.05) is 19.4 Å². The minimum atomic E-state index is -3.76. The molecule has 2 unspecified atom stereocenters. The minimum Gasteiger partial charge on any atom is -0.465 e. The summed E-state index contributed by atoms with van der Waals surface area (Å²) < 4.78 is 59.2. The van der Waals surface area contributed by atoms with Crippen LogP contribution in [-0.4, -0.2) is 63.2 Å². The molecule has 2 atom stereocenters. The van der Waals surface area contributed by atoms with Crippen LogP contribution in [0.25, 0.3) is 0 Å². The molecule has 10 heteroatoms. The van der Waals surface area contributed by atoms with E-state index in [0.717, 1.165) is 11.2 Å². The van der Waals surface area contributed by atoms with Gasteiger partial charge in [-0.25, -0.2) is 8.78 Å². The molecule has 0 spiro atoms. The number of hydrogen-bond donors (Lipinski definition) is 0. The van der Waals surface area contributed by atoms with E-state index < -0.39 is 52.4 Å². The standard InChI is InChI=1S/C14H21F2NO6S/c1-3-22-12(19)13(5-4-10(8-13)23-24(2,20)21)11(18)17-7-6-14(15,16)9-17/h10H,3-9H2,1-2H3. The number of rotatable bonds is 5. The molecule has 1 heterocycles. The Balaban J connectivity index is 2.23. The summed E-state index contributed by atoms with van der Waals surface area (Å²) in [6.45, 7) is 0.705. The molecule has 0 N–H and O–H groups in total. The maximum Gasteiger partial charge on any atom is 0.321 e. The third-order valence-electron chi connectivity index (χ3n) is 4.31. The predicted molar refractivity (Wildman–Crippen MR) is 78.8 cm³/mol. The smallest absolute Gasteiger partial charge is 0.321 e. The van der Waals surface area contributed by atoms with Gasteiger partial charge in [0.2, 0.25) is 5.91 Å². The van der Waals surface area contributed by atoms with E-state index in [-0.39, 0.29) is 32.4 Å². The number of nitrogens with zero attached hydrogens (tertiary/aromatic N) is 1. The molecule has 2 rings (SSSR count). The van der Waals surface area contributed by atoms with Crippen LogP contribution in [0.4, 0.5) is 8.78 Å². The van der Waals surface area contributed by atoms with Gasteiger partial charge in [-0.05, 0) is 19.8 Å². The molecule has 0 aromatic rings. The number of amides is 1. The lowest BCUT2D eigenvalue weighted by Gasteiger charge is -2.30. The normalized spacial score (nSPS) is 29.7. The second-order valence-corrected chi connectivity index (χ2v) is 7.90. The Kier molecular flexibility index (Phi) is 5.19. The van der Waals surface area contributed by atoms with Gasteiger partial charge < -0.3 is 9.64 Å². The lowest BCUT2D eigenvalue weighted by atomic mass is 9.84. The fraction of sp³-hybridized carbons (Fsp3) is 0.857. The third-order valence-corrected chi connectivity index (χ3v) is 4.93. The Labute approximate surface area is 139 Å². The molecule has 2 fully saturated rings. The van der Waals surface area contributed by atoms with E-state index in [1.807, 2.05) is 0 Å². The largest absolute Gasteiger partial charge is 0.465 e. The maximum atomic E-state index is 13.4. The molecule has 0 aromatic carbocycles. The monoisotopic (exact) mass is 369 g/mol. The summed E-state index contributed by atoms with van der Waals surface area (Å²) in [5, 5.41) is 0. The minimum absolute atomic E-state index is 0.00687. The first kappa shape index (κ1) is 19.0. The van der Waals surface area contributed by atoms with E-state index >= 15 is 0 Å². The first-order valence-electron chi connectivity index (χ1n) is 7.72. The number of likely N-dealkylation sites (tertiary alicyclic amines) is 1. The Hall–Kier alpha value is -1.29. The van der Waals surface area contributed by atoms with Crippen molar-refractivity contribution in [3.63, 3.8) is 0 Å². The summed E-state index contributed by atoms with van der Waals surface area (Å²) in [7, 11) is -3.76. The molecule has 1 saturated carbocycles. The van der Waals surface area contributed by atoms with Gasteiger partial charge in [-0.15, -0.1) is 0 Å². The van der Waals surface area contributed by atoms with E-state index in [1.165, 1.54) is 0 Å². The van der Waals surface area contributed by atoms with Gasteiger partial charge in [0.25, 0.3) is 16.0 Å². The first-order valence-corrected chi connectivity index (χ1v) is 9.53. The lowest BCUT2D eigenvalue weighted by molar-refractivity contribution is -0.165. The van der Waals surface area contributed by atoms with Gasteiger partial charge in [-0.3, -0.25) is 13.8 Å². The molecule has 0 bridgehead atoms. The fourth-order valence-corrected chi connectivity index (χ4v) is 3.94. The second kappa shape index (κ2) is 6.55. The molecule has 1 aliphatic carbocycles. The molecular formula is C14H21F2NO6S. The molecule has 0 aromatic heterocycles. The number of ether oxygens (including phenoxy) is 1. The Bertz CT molecular complexity index is 623. The van der Waals surface area contributed by atoms with Gasteiger partial charge in [-0.2, -0.15) is 8.42 Å². The molecule has 1 aliphatic heterocycles. The molecule has 1 amide bonds. The summed E-state index contributed by atoms with van der Waals surface area (Å²) in [6, 6.07) is 0. The van der Waals surface area contributed by atoms with Crippen LogP contribution in [0.5, 0.6) is 0 Å². The van der Waals surface area contributed by atoms with Gasteiger partial charge in [0.1, 0.15) is 5.41 Å². The summed E-state index contributed by atoms with van der Waals surface area (Å²) in [5.74, 6) is -4.53. The van der Waals surface area contributed by atoms with E-state index in [9.17, 15) is 26.8 Å². The van der Waals surface area contributed by atoms with Crippen molar-refractivity contribution in [2.45, 2.75) is 44.6 Å². The van der Waals surface area contributed by atoms with Gasteiger partial charge >= 0.3 is 5.97 Å². The highest BCUT2D eigenvalue weighted by Crippen LogP contribution is 2.44. The van der Waals surface area contributed by atoms with Crippen molar-refractivity contribution in [3.05, 3.63) is 0 Å². The number of alkyl halides is 2. The highest BCUT2D eigenvalue weighted by Gasteiger charge is 2.57. The topological polar surface area (TPSA) is 90.0 Å². The summed E-state index contributed by atoms with van der Waals surface area (Å²) in [5.41, 5.74) is -1.66. The van der Waals surface area contributed by atoms with Crippen LogP contribution < -0.4 is 0 Å². The van der Waals surface area contributed by atoms with Crippen molar-refractivity contribution in [2.24, 2.45) is 5.41 Å². The zero-order valence-electron chi connectivity index (χ0n) is 13.6. The number of hydrogen-bond acceptors (Lipinski definition) is 6. The molecule has 1 saturated heterocycles. The van der Waals surface area contributed by atoms with Crippen LogP contribution in [0, 0.1) is 5.41 Å². The molecule has 138 valence electrons. The van der Waals surface area contributed by atoms with E-state index in [4.69, 9.17) is 8.92 Å². The van der Waals surface area contributed by atoms with Crippen molar-refractivity contribution < 1.29 is 35.7 Å². The number of carbonyl (C=O) groups excluding carboxylic acids is 2. The second-order valence-electron chi connectivity index (χ2n) is 6.30. The average molecular weight is 369 g/mol. The van der Waals surface area contributed by atoms with Gasteiger partial charge in [-0.1, -0.05) is 0 Å². The van der Waals surface area contributed by atoms with Crippen LogP contribution in [0.1, 0.15) is 32.6 Å². The summed E-state index contributed by atoms with van der Waals surface area (Å²) in [4.78, 5) is 26.1. The fourth-order valence-electron chi connectivity index (χ4n) is 3.28. The van der Waals surface area contributed by atoms with Crippen molar-refractivity contribution in [1.29, 1.82) is 0 Å². The molecule has 2 aliphatic rings. The van der Waals surface area contributed by atoms with Crippen LogP contribution in [0.15, 0.2) is 0 Å². The predicted octanol–water partition coefficient (Wildman–Crippen LogP) is 0.932. The zero-order valence-corrected chi connectivity index (χ0v) is 14.4. The van der Waals surface area contributed by atoms with E-state index in [2.05, 4.69) is 0 Å². The molecule has 7 nitrogen and oxygen atoms in total. The van der Waals surface area contributed by atoms with Crippen molar-refractivity contribution in [3.8, 4) is 0 Å². The highest BCUT2D eigenvalue weighted by molar-refractivity contribution is 7.86. The van der Waals surface area contributed by atoms with Crippen molar-refractivity contribution in [1.82, 2.24) is 4.90 Å². The Morgan fingerprint density at radius 3 is 2.46 bits per heavy atom. The number of carbonyl (C=O) groups is 2. The van der Waals surface area contributed by atoms with Gasteiger partial charge in [0.05, 0.1) is 25.5 Å². The highest BCUT2D eigenvalue weighted by atomic mass is 32.2. The Morgan fingerprint density at radius 2 is 1.96 bits per heavy atom. The number of halogens is 2. The lowest BCUT2D eigenvalue weighted by Crippen LogP contribution is -2.48. The van der Waals surface area contributed by atoms with Crippen LogP contribution in [0.2, 0.25) is 0 Å². The van der Waals surface area contributed by atoms with Crippen LogP contribution in [-0.2, 0) is 28.6 Å². The summed E-state index contributed by atoms with van der Waals surface area (Å²) >= 11 is 0. The maximum absolute atomic E-state index is 13.4. The van der Waals surface area contributed by atoms with Crippen LogP contribution >= 0.6 is 0 Å². The first-order chi connectivity index (χ1) is 11.0. The Morgan fingerprint density at radius 1 is 1.29 bits per heavy atom. The molecule has 0 radical (unpaired) electrons. The number of esters is 1. The zero-order chi connectivity index (χ0) is 18.2. The third kappa shape index (κ3) is 4.02. The quantitative estimate of drug-likeness (QED) is 0.407. The molecular weight excluding hydrogens is 348 g/mol. The summed E-state index contributed by atoms with van der Waals surface area (Å²) in [6.07, 6.45) is -0.466. The molecule has 24 heavy (non-hydrogen) atoms. The van der Waals surface area contributed by atoms with E-state index in [0.29, 0.717) is 0 Å². The van der Waals surface area contributed by atoms with Crippen molar-refractivity contribution in [2.75, 3.05) is 26.0 Å². The average Bonchev–Trinajstić information content (AvgIpc) is 3.01. The SMILES string of the molecule is CCOC(=O)C1(C(=O)N2CCC(F)(F)C2)CCC(OS(C)(=O)=O)C1. The van der Waals surface area contributed by atoms with Crippen LogP contribution in [0.3, 0.4) is 0 Å². The van der Waals surface area contributed by atoms with E-state index in [1.54, 1.807) is 6.92 Å². The van der Waals surface area contributed by atoms with Gasteiger partial charge in [0.15, 0.2) is 0 Å². The van der Waals surface area contributed by atoms with Crippen molar-refractivity contribution >= 4 is 22.0 Å².